The van der Waals surface area contributed by atoms with E-state index in [2.05, 4.69) is 46.9 Å². The molecule has 1 aliphatic carbocycles. The van der Waals surface area contributed by atoms with E-state index in [0.717, 1.165) is 25.5 Å². The Kier molecular flexibility index (Phi) is 2.91. The molecule has 1 fully saturated rings. The highest BCUT2D eigenvalue weighted by atomic mass is 127. The Labute approximate surface area is 98.0 Å². The zero-order chi connectivity index (χ0) is 10.0. The molecule has 0 radical (unpaired) electrons. The average Bonchev–Trinajstić information content (AvgIpc) is 2.15. The van der Waals surface area contributed by atoms with Gasteiger partial charge >= 0.3 is 0 Å². The van der Waals surface area contributed by atoms with E-state index in [9.17, 15) is 4.79 Å². The van der Waals surface area contributed by atoms with E-state index in [1.165, 1.54) is 15.6 Å². The van der Waals surface area contributed by atoms with Gasteiger partial charge in [0.2, 0.25) is 0 Å². The molecular formula is C12H13IO. The maximum absolute atomic E-state index is 11.0. The van der Waals surface area contributed by atoms with Crippen molar-refractivity contribution in [1.82, 2.24) is 0 Å². The van der Waals surface area contributed by atoms with E-state index in [1.807, 2.05) is 0 Å². The van der Waals surface area contributed by atoms with Gasteiger partial charge < -0.3 is 4.79 Å². The lowest BCUT2D eigenvalue weighted by molar-refractivity contribution is -0.120. The van der Waals surface area contributed by atoms with E-state index in [4.69, 9.17) is 0 Å². The summed E-state index contributed by atoms with van der Waals surface area (Å²) in [6.07, 6.45) is 5.44. The number of halogens is 1. The van der Waals surface area contributed by atoms with Crippen molar-refractivity contribution in [1.29, 1.82) is 0 Å². The Morgan fingerprint density at radius 2 is 1.93 bits per heavy atom. The lowest BCUT2D eigenvalue weighted by atomic mass is 9.66. The van der Waals surface area contributed by atoms with Crippen molar-refractivity contribution < 1.29 is 4.79 Å². The van der Waals surface area contributed by atoms with Crippen LogP contribution < -0.4 is 0 Å². The normalized spacial score (nSPS) is 18.6. The molecule has 0 heterocycles. The minimum atomic E-state index is -0.0210. The minimum Gasteiger partial charge on any atom is -0.303 e. The van der Waals surface area contributed by atoms with Gasteiger partial charge in [-0.1, -0.05) is 18.6 Å². The van der Waals surface area contributed by atoms with Crippen LogP contribution in [0.3, 0.4) is 0 Å². The number of aldehydes is 1. The molecule has 1 aliphatic rings. The van der Waals surface area contributed by atoms with Gasteiger partial charge in [-0.25, -0.2) is 0 Å². The summed E-state index contributed by atoms with van der Waals surface area (Å²) in [5.41, 5.74) is 1.27. The summed E-state index contributed by atoms with van der Waals surface area (Å²) < 4.78 is 1.25. The second kappa shape index (κ2) is 4.01. The number of rotatable bonds is 3. The van der Waals surface area contributed by atoms with Crippen LogP contribution in [0.2, 0.25) is 0 Å². The van der Waals surface area contributed by atoms with Gasteiger partial charge in [-0.2, -0.15) is 0 Å². The first-order valence-corrected chi connectivity index (χ1v) is 6.03. The Morgan fingerprint density at radius 1 is 1.29 bits per heavy atom. The fourth-order valence-corrected chi connectivity index (χ4v) is 2.34. The molecule has 0 saturated heterocycles. The van der Waals surface area contributed by atoms with Gasteiger partial charge in [0.05, 0.1) is 0 Å². The van der Waals surface area contributed by atoms with E-state index in [1.54, 1.807) is 0 Å². The van der Waals surface area contributed by atoms with Gasteiger partial charge in [0, 0.05) is 8.99 Å². The standard InChI is InChI=1S/C12H13IO/c13-11-4-2-10(3-5-11)8-12(9-14)6-1-7-12/h2-5,9H,1,6-8H2. The number of benzene rings is 1. The van der Waals surface area contributed by atoms with Crippen LogP contribution in [0.4, 0.5) is 0 Å². The molecule has 74 valence electrons. The van der Waals surface area contributed by atoms with Gasteiger partial charge in [0.15, 0.2) is 0 Å². The van der Waals surface area contributed by atoms with Gasteiger partial charge in [0.1, 0.15) is 6.29 Å². The first-order chi connectivity index (χ1) is 6.74. The van der Waals surface area contributed by atoms with E-state index < -0.39 is 0 Å². The van der Waals surface area contributed by atoms with Gasteiger partial charge in [-0.05, 0) is 59.5 Å². The molecule has 0 bridgehead atoms. The highest BCUT2D eigenvalue weighted by molar-refractivity contribution is 14.1. The molecule has 0 aliphatic heterocycles. The molecule has 1 aromatic rings. The molecule has 14 heavy (non-hydrogen) atoms. The monoisotopic (exact) mass is 300 g/mol. The first-order valence-electron chi connectivity index (χ1n) is 4.95. The smallest absolute Gasteiger partial charge is 0.126 e. The van der Waals surface area contributed by atoms with E-state index in [0.29, 0.717) is 0 Å². The topological polar surface area (TPSA) is 17.1 Å². The lowest BCUT2D eigenvalue weighted by Gasteiger charge is -2.36. The Hall–Kier alpha value is -0.380. The third kappa shape index (κ3) is 2.00. The van der Waals surface area contributed by atoms with Crippen molar-refractivity contribution in [3.8, 4) is 0 Å². The van der Waals surface area contributed by atoms with Gasteiger partial charge in [-0.15, -0.1) is 0 Å². The van der Waals surface area contributed by atoms with Crippen LogP contribution in [-0.2, 0) is 11.2 Å². The predicted molar refractivity (Wildman–Crippen MR) is 65.2 cm³/mol. The molecule has 1 aromatic carbocycles. The Balaban J connectivity index is 2.10. The second-order valence-corrected chi connectivity index (χ2v) is 5.38. The van der Waals surface area contributed by atoms with Crippen molar-refractivity contribution in [2.45, 2.75) is 25.7 Å². The largest absolute Gasteiger partial charge is 0.303 e. The van der Waals surface area contributed by atoms with E-state index >= 15 is 0 Å². The lowest BCUT2D eigenvalue weighted by Crippen LogP contribution is -2.33. The molecule has 0 atom stereocenters. The zero-order valence-corrected chi connectivity index (χ0v) is 10.2. The quantitative estimate of drug-likeness (QED) is 0.619. The SMILES string of the molecule is O=CC1(Cc2ccc(I)cc2)CCC1. The maximum Gasteiger partial charge on any atom is 0.126 e. The van der Waals surface area contributed by atoms with Crippen LogP contribution in [0.25, 0.3) is 0 Å². The molecule has 0 N–H and O–H groups in total. The number of carbonyl (C=O) groups excluding carboxylic acids is 1. The fraction of sp³-hybridized carbons (Fsp3) is 0.417. The van der Waals surface area contributed by atoms with Crippen LogP contribution in [0.1, 0.15) is 24.8 Å². The predicted octanol–water partition coefficient (Wildman–Crippen LogP) is 3.20. The van der Waals surface area contributed by atoms with Crippen LogP contribution in [-0.4, -0.2) is 6.29 Å². The molecule has 0 unspecified atom stereocenters. The Morgan fingerprint density at radius 3 is 2.36 bits per heavy atom. The summed E-state index contributed by atoms with van der Waals surface area (Å²) in [6.45, 7) is 0. The molecule has 2 heteroatoms. The van der Waals surface area contributed by atoms with Crippen LogP contribution in [0.15, 0.2) is 24.3 Å². The molecule has 0 spiro atoms. The minimum absolute atomic E-state index is 0.0210. The van der Waals surface area contributed by atoms with Crippen LogP contribution in [0, 0.1) is 8.99 Å². The number of hydrogen-bond acceptors (Lipinski definition) is 1. The summed E-state index contributed by atoms with van der Waals surface area (Å²) >= 11 is 2.30. The van der Waals surface area contributed by atoms with Crippen molar-refractivity contribution >= 4 is 28.9 Å². The molecule has 2 rings (SSSR count). The average molecular weight is 300 g/mol. The molecule has 0 aromatic heterocycles. The van der Waals surface area contributed by atoms with Crippen LogP contribution >= 0.6 is 22.6 Å². The molecule has 1 nitrogen and oxygen atoms in total. The van der Waals surface area contributed by atoms with Gasteiger partial charge in [-0.3, -0.25) is 0 Å². The second-order valence-electron chi connectivity index (χ2n) is 4.14. The molecule has 0 amide bonds. The third-order valence-electron chi connectivity index (χ3n) is 3.07. The summed E-state index contributed by atoms with van der Waals surface area (Å²) in [5, 5.41) is 0. The van der Waals surface area contributed by atoms with Gasteiger partial charge in [0.25, 0.3) is 0 Å². The highest BCUT2D eigenvalue weighted by Gasteiger charge is 2.36. The van der Waals surface area contributed by atoms with E-state index in [-0.39, 0.29) is 5.41 Å². The zero-order valence-electron chi connectivity index (χ0n) is 8.00. The van der Waals surface area contributed by atoms with Crippen molar-refractivity contribution in [2.75, 3.05) is 0 Å². The summed E-state index contributed by atoms with van der Waals surface area (Å²) in [7, 11) is 0. The number of carbonyl (C=O) groups is 1. The van der Waals surface area contributed by atoms with Crippen molar-refractivity contribution in [3.05, 3.63) is 33.4 Å². The summed E-state index contributed by atoms with van der Waals surface area (Å²) in [4.78, 5) is 11.0. The van der Waals surface area contributed by atoms with Crippen molar-refractivity contribution in [3.63, 3.8) is 0 Å². The number of hydrogen-bond donors (Lipinski definition) is 0. The first kappa shape index (κ1) is 10.1. The fourth-order valence-electron chi connectivity index (χ4n) is 1.98. The Bertz CT molecular complexity index is 325. The van der Waals surface area contributed by atoms with Crippen molar-refractivity contribution in [2.24, 2.45) is 5.41 Å². The molecular weight excluding hydrogens is 287 g/mol. The molecule has 1 saturated carbocycles. The summed E-state index contributed by atoms with van der Waals surface area (Å²) in [5.74, 6) is 0. The summed E-state index contributed by atoms with van der Waals surface area (Å²) in [6, 6.07) is 8.47. The maximum atomic E-state index is 11.0. The highest BCUT2D eigenvalue weighted by Crippen LogP contribution is 2.41. The third-order valence-corrected chi connectivity index (χ3v) is 3.79. The van der Waals surface area contributed by atoms with Crippen LogP contribution in [0.5, 0.6) is 0 Å².